The van der Waals surface area contributed by atoms with E-state index in [1.165, 1.54) is 6.20 Å². The van der Waals surface area contributed by atoms with Crippen LogP contribution >= 0.6 is 0 Å². The van der Waals surface area contributed by atoms with Crippen LogP contribution in [0.1, 0.15) is 27.0 Å². The van der Waals surface area contributed by atoms with Crippen molar-refractivity contribution in [3.63, 3.8) is 0 Å². The molecule has 0 fully saturated rings. The fourth-order valence-corrected chi connectivity index (χ4v) is 2.52. The number of halogens is 3. The molecule has 4 nitrogen and oxygen atoms in total. The van der Waals surface area contributed by atoms with Gasteiger partial charge in [-0.1, -0.05) is 24.3 Å². The maximum atomic E-state index is 12.6. The summed E-state index contributed by atoms with van der Waals surface area (Å²) in [5.41, 5.74) is 1.33. The summed E-state index contributed by atoms with van der Waals surface area (Å²) in [5.74, 6) is -0.0137. The van der Waals surface area contributed by atoms with Gasteiger partial charge in [0.05, 0.1) is 5.56 Å². The van der Waals surface area contributed by atoms with Gasteiger partial charge < -0.3 is 10.1 Å². The molecule has 28 heavy (non-hydrogen) atoms. The van der Waals surface area contributed by atoms with Crippen molar-refractivity contribution >= 4 is 11.7 Å². The summed E-state index contributed by atoms with van der Waals surface area (Å²) >= 11 is 0. The average molecular weight is 386 g/mol. The standard InChI is InChI=1S/C21H17F3N2O2/c1-14-5-2-3-6-16(14)13-28-18-7-4-12-25-19(18)26-20(27)15-8-10-17(11-9-15)21(22,23)24/h2-12H,13H2,1H3,(H,25,26,27). The largest absolute Gasteiger partial charge is 0.485 e. The van der Waals surface area contributed by atoms with Gasteiger partial charge in [0.2, 0.25) is 0 Å². The van der Waals surface area contributed by atoms with Crippen molar-refractivity contribution in [3.05, 3.63) is 89.1 Å². The van der Waals surface area contributed by atoms with Crippen LogP contribution in [0, 0.1) is 6.92 Å². The lowest BCUT2D eigenvalue weighted by Gasteiger charge is -2.13. The van der Waals surface area contributed by atoms with Gasteiger partial charge >= 0.3 is 6.18 Å². The third kappa shape index (κ3) is 4.68. The lowest BCUT2D eigenvalue weighted by atomic mass is 10.1. The Morgan fingerprint density at radius 3 is 2.43 bits per heavy atom. The number of alkyl halides is 3. The molecule has 1 aromatic heterocycles. The van der Waals surface area contributed by atoms with E-state index in [0.29, 0.717) is 12.4 Å². The molecule has 0 atom stereocenters. The summed E-state index contributed by atoms with van der Waals surface area (Å²) in [6, 6.07) is 15.0. The highest BCUT2D eigenvalue weighted by Crippen LogP contribution is 2.29. The summed E-state index contributed by atoms with van der Waals surface area (Å²) in [7, 11) is 0. The first kappa shape index (κ1) is 19.4. The van der Waals surface area contributed by atoms with Gasteiger partial charge in [-0.15, -0.1) is 0 Å². The normalized spacial score (nSPS) is 11.1. The number of pyridine rings is 1. The second-order valence-electron chi connectivity index (χ2n) is 6.09. The minimum absolute atomic E-state index is 0.0866. The van der Waals surface area contributed by atoms with E-state index in [4.69, 9.17) is 4.74 Å². The van der Waals surface area contributed by atoms with Crippen molar-refractivity contribution in [2.24, 2.45) is 0 Å². The van der Waals surface area contributed by atoms with Crippen LogP contribution in [0.2, 0.25) is 0 Å². The van der Waals surface area contributed by atoms with Crippen molar-refractivity contribution in [2.45, 2.75) is 19.7 Å². The van der Waals surface area contributed by atoms with Crippen LogP contribution in [-0.4, -0.2) is 10.9 Å². The number of benzene rings is 2. The van der Waals surface area contributed by atoms with Gasteiger partial charge in [-0.25, -0.2) is 4.98 Å². The molecule has 0 saturated carbocycles. The van der Waals surface area contributed by atoms with Crippen molar-refractivity contribution in [1.82, 2.24) is 4.98 Å². The zero-order valence-corrected chi connectivity index (χ0v) is 15.0. The summed E-state index contributed by atoms with van der Waals surface area (Å²) in [4.78, 5) is 16.5. The monoisotopic (exact) mass is 386 g/mol. The zero-order chi connectivity index (χ0) is 20.1. The van der Waals surface area contributed by atoms with E-state index in [-0.39, 0.29) is 11.4 Å². The van der Waals surface area contributed by atoms with Gasteiger partial charge in [0, 0.05) is 11.8 Å². The van der Waals surface area contributed by atoms with Crippen LogP contribution in [0.15, 0.2) is 66.9 Å². The number of rotatable bonds is 5. The Labute approximate surface area is 160 Å². The predicted molar refractivity (Wildman–Crippen MR) is 99.1 cm³/mol. The lowest BCUT2D eigenvalue weighted by molar-refractivity contribution is -0.137. The van der Waals surface area contributed by atoms with E-state index in [9.17, 15) is 18.0 Å². The van der Waals surface area contributed by atoms with E-state index in [1.54, 1.807) is 12.1 Å². The van der Waals surface area contributed by atoms with Crippen molar-refractivity contribution in [1.29, 1.82) is 0 Å². The number of nitrogens with one attached hydrogen (secondary N) is 1. The van der Waals surface area contributed by atoms with Crippen LogP contribution in [-0.2, 0) is 12.8 Å². The average Bonchev–Trinajstić information content (AvgIpc) is 2.68. The van der Waals surface area contributed by atoms with Crippen molar-refractivity contribution in [3.8, 4) is 5.75 Å². The molecule has 7 heteroatoms. The molecule has 0 radical (unpaired) electrons. The van der Waals surface area contributed by atoms with E-state index >= 15 is 0 Å². The number of aryl methyl sites for hydroxylation is 1. The molecule has 1 heterocycles. The highest BCUT2D eigenvalue weighted by Gasteiger charge is 2.30. The molecule has 1 N–H and O–H groups in total. The minimum Gasteiger partial charge on any atom is -0.485 e. The van der Waals surface area contributed by atoms with E-state index < -0.39 is 17.6 Å². The number of anilines is 1. The third-order valence-electron chi connectivity index (χ3n) is 4.12. The molecule has 2 aromatic carbocycles. The molecule has 0 aliphatic rings. The smallest absolute Gasteiger partial charge is 0.416 e. The Kier molecular flexibility index (Phi) is 5.63. The lowest BCUT2D eigenvalue weighted by Crippen LogP contribution is -2.14. The first-order chi connectivity index (χ1) is 13.3. The number of carbonyl (C=O) groups excluding carboxylic acids is 1. The van der Waals surface area contributed by atoms with Crippen molar-refractivity contribution in [2.75, 3.05) is 5.32 Å². The summed E-state index contributed by atoms with van der Waals surface area (Å²) < 4.78 is 43.7. The van der Waals surface area contributed by atoms with Crippen molar-refractivity contribution < 1.29 is 22.7 Å². The molecule has 0 unspecified atom stereocenters. The molecule has 3 rings (SSSR count). The van der Waals surface area contributed by atoms with Gasteiger partial charge in [0.15, 0.2) is 11.6 Å². The van der Waals surface area contributed by atoms with Crippen LogP contribution in [0.25, 0.3) is 0 Å². The predicted octanol–water partition coefficient (Wildman–Crippen LogP) is 5.24. The number of nitrogens with zero attached hydrogens (tertiary/aromatic N) is 1. The fraction of sp³-hybridized carbons (Fsp3) is 0.143. The Morgan fingerprint density at radius 2 is 1.75 bits per heavy atom. The molecule has 1 amide bonds. The van der Waals surface area contributed by atoms with Crippen LogP contribution in [0.4, 0.5) is 19.0 Å². The van der Waals surface area contributed by atoms with Crippen LogP contribution in [0.5, 0.6) is 5.75 Å². The first-order valence-electron chi connectivity index (χ1n) is 8.45. The number of amides is 1. The molecule has 0 bridgehead atoms. The summed E-state index contributed by atoms with van der Waals surface area (Å²) in [6.07, 6.45) is -2.96. The summed E-state index contributed by atoms with van der Waals surface area (Å²) in [5, 5.41) is 2.58. The molecule has 0 aliphatic carbocycles. The van der Waals surface area contributed by atoms with Gasteiger partial charge in [0.1, 0.15) is 6.61 Å². The molecule has 0 spiro atoms. The molecule has 0 saturated heterocycles. The minimum atomic E-state index is -4.45. The molecule has 144 valence electrons. The fourth-order valence-electron chi connectivity index (χ4n) is 2.52. The molecule has 3 aromatic rings. The van der Waals surface area contributed by atoms with E-state index in [0.717, 1.165) is 35.4 Å². The maximum Gasteiger partial charge on any atom is 0.416 e. The second-order valence-corrected chi connectivity index (χ2v) is 6.09. The third-order valence-corrected chi connectivity index (χ3v) is 4.12. The number of hydrogen-bond acceptors (Lipinski definition) is 3. The Bertz CT molecular complexity index is 970. The number of aromatic nitrogens is 1. The quantitative estimate of drug-likeness (QED) is 0.652. The number of ether oxygens (including phenoxy) is 1. The first-order valence-corrected chi connectivity index (χ1v) is 8.45. The summed E-state index contributed by atoms with van der Waals surface area (Å²) in [6.45, 7) is 2.26. The van der Waals surface area contributed by atoms with Gasteiger partial charge in [-0.3, -0.25) is 4.79 Å². The highest BCUT2D eigenvalue weighted by molar-refractivity contribution is 6.04. The Hall–Kier alpha value is -3.35. The zero-order valence-electron chi connectivity index (χ0n) is 15.0. The Balaban J connectivity index is 1.72. The molecular formula is C21H17F3N2O2. The molecular weight excluding hydrogens is 369 g/mol. The van der Waals surface area contributed by atoms with Gasteiger partial charge in [-0.2, -0.15) is 13.2 Å². The van der Waals surface area contributed by atoms with E-state index in [1.807, 2.05) is 31.2 Å². The number of carbonyl (C=O) groups is 1. The SMILES string of the molecule is Cc1ccccc1COc1cccnc1NC(=O)c1ccc(C(F)(F)F)cc1. The van der Waals surface area contributed by atoms with Gasteiger partial charge in [-0.05, 0) is 54.4 Å². The van der Waals surface area contributed by atoms with Crippen LogP contribution in [0.3, 0.4) is 0 Å². The molecule has 0 aliphatic heterocycles. The number of hydrogen-bond donors (Lipinski definition) is 1. The Morgan fingerprint density at radius 1 is 1.04 bits per heavy atom. The van der Waals surface area contributed by atoms with Crippen LogP contribution < -0.4 is 10.1 Å². The van der Waals surface area contributed by atoms with E-state index in [2.05, 4.69) is 10.3 Å². The van der Waals surface area contributed by atoms with Gasteiger partial charge in [0.25, 0.3) is 5.91 Å². The maximum absolute atomic E-state index is 12.6. The highest BCUT2D eigenvalue weighted by atomic mass is 19.4. The topological polar surface area (TPSA) is 51.2 Å². The second kappa shape index (κ2) is 8.12.